The first kappa shape index (κ1) is 35.9. The average molecular weight is 687 g/mol. The number of rotatable bonds is 7. The van der Waals surface area contributed by atoms with Crippen LogP contribution in [0.3, 0.4) is 0 Å². The lowest BCUT2D eigenvalue weighted by molar-refractivity contribution is -0.0799. The summed E-state index contributed by atoms with van der Waals surface area (Å²) in [6, 6.07) is 17.7. The average Bonchev–Trinajstić information content (AvgIpc) is 3.70. The second-order valence-electron chi connectivity index (χ2n) is 14.7. The van der Waals surface area contributed by atoms with Gasteiger partial charge in [-0.3, -0.25) is 4.79 Å². The maximum atomic E-state index is 14.4. The molecule has 2 bridgehead atoms. The van der Waals surface area contributed by atoms with E-state index in [1.54, 1.807) is 11.0 Å². The Bertz CT molecular complexity index is 1730. The topological polar surface area (TPSA) is 99.1 Å². The number of aliphatic hydroxyl groups excluding tert-OH is 1. The van der Waals surface area contributed by atoms with Crippen LogP contribution >= 0.6 is 0 Å². The minimum absolute atomic E-state index is 0.0257. The molecule has 3 aliphatic carbocycles. The van der Waals surface area contributed by atoms with Crippen LogP contribution in [-0.4, -0.2) is 64.4 Å². The summed E-state index contributed by atoms with van der Waals surface area (Å²) in [5.74, 6) is -2.88. The molecule has 3 aromatic carbocycles. The lowest BCUT2D eigenvalue weighted by Gasteiger charge is -2.46. The van der Waals surface area contributed by atoms with E-state index < -0.39 is 34.5 Å². The molecule has 5 unspecified atom stereocenters. The molecule has 7 rings (SSSR count). The third kappa shape index (κ3) is 7.70. The molecule has 4 aliphatic rings. The van der Waals surface area contributed by atoms with Crippen molar-refractivity contribution in [2.75, 3.05) is 25.0 Å². The zero-order valence-corrected chi connectivity index (χ0v) is 29.0. The smallest absolute Gasteiger partial charge is 0.322 e. The van der Waals surface area contributed by atoms with Crippen molar-refractivity contribution in [3.63, 3.8) is 0 Å². The molecule has 50 heavy (non-hydrogen) atoms. The molecule has 266 valence electrons. The molecule has 2 fully saturated rings. The molecule has 1 heterocycles. The SMILES string of the molecule is CC1=CCCC2(C)C(CCC2(O)CN(CC2CCCO2)C(=O)Nc2ccccc2)c2ccc(cc2C(=O)c2ccc(F)c(F)c2)CC(O)CC1. The summed E-state index contributed by atoms with van der Waals surface area (Å²) in [6.07, 6.45) is 6.92. The lowest BCUT2D eigenvalue weighted by atomic mass is 9.64. The van der Waals surface area contributed by atoms with Crippen LogP contribution in [0.1, 0.15) is 98.2 Å². The van der Waals surface area contributed by atoms with Gasteiger partial charge in [0.2, 0.25) is 0 Å². The van der Waals surface area contributed by atoms with Crippen molar-refractivity contribution in [1.82, 2.24) is 4.90 Å². The number of benzene rings is 3. The number of aliphatic hydroxyl groups is 2. The summed E-state index contributed by atoms with van der Waals surface area (Å²) in [5, 5.41) is 26.8. The zero-order chi connectivity index (χ0) is 35.5. The Labute approximate surface area is 293 Å². The van der Waals surface area contributed by atoms with Gasteiger partial charge in [0.1, 0.15) is 0 Å². The summed E-state index contributed by atoms with van der Waals surface area (Å²) >= 11 is 0. The van der Waals surface area contributed by atoms with Gasteiger partial charge in [0.25, 0.3) is 0 Å². The third-order valence-electron chi connectivity index (χ3n) is 11.3. The van der Waals surface area contributed by atoms with Gasteiger partial charge in [0.15, 0.2) is 17.4 Å². The molecule has 7 nitrogen and oxygen atoms in total. The summed E-state index contributed by atoms with van der Waals surface area (Å²) in [6.45, 7) is 5.15. The van der Waals surface area contributed by atoms with E-state index in [1.807, 2.05) is 42.5 Å². The molecule has 3 aromatic rings. The highest BCUT2D eigenvalue weighted by Crippen LogP contribution is 2.59. The Balaban J connectivity index is 1.41. The first-order chi connectivity index (χ1) is 24.0. The van der Waals surface area contributed by atoms with E-state index in [-0.39, 0.29) is 30.2 Å². The first-order valence-corrected chi connectivity index (χ1v) is 17.9. The number of carbonyl (C=O) groups is 2. The normalized spacial score (nSPS) is 26.9. The standard InChI is InChI=1S/C41H48F2N2O5/c1-27-8-6-19-40(2)35(18-20-41(40,49)26-45(25-32-11-7-21-50-32)39(48)44-30-9-4-3-5-10-30)33-16-13-28(22-31(46)15-12-27)23-34(33)38(47)29-14-17-36(42)37(43)24-29/h3-5,8-10,13-14,16-17,23-24,31-32,35,46,49H,6-7,11-12,15,18-22,25-26H2,1-2H3,(H,44,48). The van der Waals surface area contributed by atoms with Gasteiger partial charge in [-0.15, -0.1) is 0 Å². The molecule has 1 aliphatic heterocycles. The Morgan fingerprint density at radius 3 is 2.54 bits per heavy atom. The van der Waals surface area contributed by atoms with Gasteiger partial charge in [0.05, 0.1) is 24.4 Å². The number of ether oxygens (including phenoxy) is 1. The molecule has 0 radical (unpaired) electrons. The second-order valence-corrected chi connectivity index (χ2v) is 14.7. The fourth-order valence-electron chi connectivity index (χ4n) is 8.28. The van der Waals surface area contributed by atoms with Gasteiger partial charge in [-0.2, -0.15) is 0 Å². The Morgan fingerprint density at radius 2 is 1.80 bits per heavy atom. The number of fused-ring (bicyclic) bond motifs is 8. The van der Waals surface area contributed by atoms with Gasteiger partial charge >= 0.3 is 6.03 Å². The van der Waals surface area contributed by atoms with Gasteiger partial charge in [-0.1, -0.05) is 48.9 Å². The maximum Gasteiger partial charge on any atom is 0.322 e. The monoisotopic (exact) mass is 686 g/mol. The number of allylic oxidation sites excluding steroid dienone is 2. The van der Waals surface area contributed by atoms with Crippen LogP contribution in [0, 0.1) is 17.0 Å². The van der Waals surface area contributed by atoms with Crippen molar-refractivity contribution in [3.05, 3.63) is 112 Å². The van der Waals surface area contributed by atoms with Crippen LogP contribution in [0.4, 0.5) is 19.3 Å². The van der Waals surface area contributed by atoms with Gasteiger partial charge in [0, 0.05) is 35.4 Å². The number of carbonyl (C=O) groups excluding carboxylic acids is 2. The number of nitrogens with zero attached hydrogens (tertiary/aromatic N) is 1. The molecule has 1 saturated carbocycles. The third-order valence-corrected chi connectivity index (χ3v) is 11.3. The molecule has 2 amide bonds. The predicted molar refractivity (Wildman–Crippen MR) is 189 cm³/mol. The van der Waals surface area contributed by atoms with Crippen molar-refractivity contribution in [2.24, 2.45) is 5.41 Å². The number of halogens is 2. The Hall–Kier alpha value is -3.92. The molecule has 9 heteroatoms. The van der Waals surface area contributed by atoms with E-state index in [0.717, 1.165) is 36.1 Å². The summed E-state index contributed by atoms with van der Waals surface area (Å²) in [5.41, 5.74) is 1.55. The van der Waals surface area contributed by atoms with Crippen LogP contribution in [0.25, 0.3) is 0 Å². The number of hydrogen-bond acceptors (Lipinski definition) is 5. The predicted octanol–water partition coefficient (Wildman–Crippen LogP) is 7.95. The van der Waals surface area contributed by atoms with Crippen molar-refractivity contribution in [1.29, 1.82) is 0 Å². The van der Waals surface area contributed by atoms with Crippen molar-refractivity contribution in [2.45, 2.75) is 95.4 Å². The highest BCUT2D eigenvalue weighted by molar-refractivity contribution is 6.10. The van der Waals surface area contributed by atoms with Crippen molar-refractivity contribution in [3.8, 4) is 0 Å². The van der Waals surface area contributed by atoms with Crippen LogP contribution in [0.2, 0.25) is 0 Å². The summed E-state index contributed by atoms with van der Waals surface area (Å²) in [4.78, 5) is 29.8. The highest BCUT2D eigenvalue weighted by atomic mass is 19.2. The number of nitrogens with one attached hydrogen (secondary N) is 1. The van der Waals surface area contributed by atoms with Crippen LogP contribution in [0.5, 0.6) is 0 Å². The van der Waals surface area contributed by atoms with Gasteiger partial charge < -0.3 is 25.2 Å². The molecule has 0 aromatic heterocycles. The number of anilines is 1. The van der Waals surface area contributed by atoms with Crippen LogP contribution < -0.4 is 5.32 Å². The molecular weight excluding hydrogens is 638 g/mol. The van der Waals surface area contributed by atoms with E-state index >= 15 is 0 Å². The van der Waals surface area contributed by atoms with Gasteiger partial charge in [-0.25, -0.2) is 13.6 Å². The summed E-state index contributed by atoms with van der Waals surface area (Å²) in [7, 11) is 0. The summed E-state index contributed by atoms with van der Waals surface area (Å²) < 4.78 is 34.2. The minimum atomic E-state index is -1.33. The number of ketones is 1. The lowest BCUT2D eigenvalue weighted by Crippen LogP contribution is -2.55. The molecule has 1 saturated heterocycles. The van der Waals surface area contributed by atoms with E-state index in [9.17, 15) is 28.6 Å². The van der Waals surface area contributed by atoms with Crippen molar-refractivity contribution < 1.29 is 33.3 Å². The largest absolute Gasteiger partial charge is 0.393 e. The van der Waals surface area contributed by atoms with E-state index in [0.29, 0.717) is 74.9 Å². The number of urea groups is 1. The molecule has 0 spiro atoms. The minimum Gasteiger partial charge on any atom is -0.393 e. The fourth-order valence-corrected chi connectivity index (χ4v) is 8.28. The Morgan fingerprint density at radius 1 is 1.00 bits per heavy atom. The van der Waals surface area contributed by atoms with E-state index in [1.165, 1.54) is 6.07 Å². The zero-order valence-electron chi connectivity index (χ0n) is 29.0. The van der Waals surface area contributed by atoms with Crippen molar-refractivity contribution >= 4 is 17.5 Å². The van der Waals surface area contributed by atoms with E-state index in [4.69, 9.17) is 4.74 Å². The first-order valence-electron chi connectivity index (χ1n) is 17.9. The fraction of sp³-hybridized carbons (Fsp3) is 0.463. The molecule has 5 atom stereocenters. The van der Waals surface area contributed by atoms with Crippen LogP contribution in [-0.2, 0) is 11.2 Å². The number of hydrogen-bond donors (Lipinski definition) is 3. The quantitative estimate of drug-likeness (QED) is 0.173. The Kier molecular flexibility index (Phi) is 10.9. The van der Waals surface area contributed by atoms with Gasteiger partial charge in [-0.05, 0) is 118 Å². The highest BCUT2D eigenvalue weighted by Gasteiger charge is 2.57. The number of amides is 2. The molecular formula is C41H48F2N2O5. The molecule has 3 N–H and O–H groups in total. The van der Waals surface area contributed by atoms with Crippen LogP contribution in [0.15, 0.2) is 78.4 Å². The van der Waals surface area contributed by atoms with E-state index in [2.05, 4.69) is 25.2 Å². The second kappa shape index (κ2) is 15.1. The number of para-hydroxylation sites is 1. The maximum absolute atomic E-state index is 14.4.